The maximum Gasteiger partial charge on any atom is 0.244 e. The predicted octanol–water partition coefficient (Wildman–Crippen LogP) is 0.255. The molecule has 7 heteroatoms. The van der Waals surface area contributed by atoms with Crippen molar-refractivity contribution < 1.29 is 13.2 Å². The minimum atomic E-state index is -3.52. The van der Waals surface area contributed by atoms with Crippen LogP contribution in [-0.2, 0) is 14.8 Å². The van der Waals surface area contributed by atoms with Crippen LogP contribution in [0.15, 0.2) is 17.3 Å². The molecular formula is C9H15N3O3S. The largest absolute Gasteiger partial charge is 0.376 e. The van der Waals surface area contributed by atoms with Crippen LogP contribution < -0.4 is 4.72 Å². The van der Waals surface area contributed by atoms with Crippen LogP contribution in [0.3, 0.4) is 0 Å². The molecule has 1 saturated heterocycles. The third-order valence-electron chi connectivity index (χ3n) is 3.04. The Bertz CT molecular complexity index is 456. The molecule has 1 aromatic heterocycles. The second kappa shape index (κ2) is 3.83. The molecule has 16 heavy (non-hydrogen) atoms. The second-order valence-corrected chi connectivity index (χ2v) is 5.90. The Morgan fingerprint density at radius 2 is 2.44 bits per heavy atom. The minimum Gasteiger partial charge on any atom is -0.376 e. The Labute approximate surface area is 94.4 Å². The molecule has 1 aliphatic heterocycles. The van der Waals surface area contributed by atoms with E-state index in [1.807, 2.05) is 13.8 Å². The van der Waals surface area contributed by atoms with E-state index in [0.29, 0.717) is 13.0 Å². The van der Waals surface area contributed by atoms with Crippen LogP contribution >= 0.6 is 0 Å². The molecule has 0 aromatic carbocycles. The van der Waals surface area contributed by atoms with E-state index in [-0.39, 0.29) is 11.0 Å². The second-order valence-electron chi connectivity index (χ2n) is 4.22. The number of nitrogens with zero attached hydrogens (tertiary/aromatic N) is 1. The van der Waals surface area contributed by atoms with Gasteiger partial charge < -0.3 is 4.74 Å². The molecule has 0 saturated carbocycles. The Balaban J connectivity index is 2.22. The van der Waals surface area contributed by atoms with Gasteiger partial charge in [-0.2, -0.15) is 5.10 Å². The number of nitrogens with one attached hydrogen (secondary N) is 2. The van der Waals surface area contributed by atoms with Crippen LogP contribution in [0.4, 0.5) is 0 Å². The summed E-state index contributed by atoms with van der Waals surface area (Å²) in [6.07, 6.45) is 3.18. The summed E-state index contributed by atoms with van der Waals surface area (Å²) < 4.78 is 32.0. The lowest BCUT2D eigenvalue weighted by atomic mass is 9.97. The van der Waals surface area contributed by atoms with Crippen molar-refractivity contribution >= 4 is 10.0 Å². The number of H-pyrrole nitrogens is 1. The first-order chi connectivity index (χ1) is 7.44. The van der Waals surface area contributed by atoms with E-state index >= 15 is 0 Å². The normalized spacial score (nSPS) is 30.8. The van der Waals surface area contributed by atoms with Crippen LogP contribution in [-0.4, -0.2) is 36.9 Å². The van der Waals surface area contributed by atoms with Crippen molar-refractivity contribution in [2.45, 2.75) is 36.8 Å². The molecule has 1 aliphatic rings. The molecule has 2 unspecified atom stereocenters. The lowest BCUT2D eigenvalue weighted by Crippen LogP contribution is -2.50. The molecule has 2 atom stereocenters. The summed E-state index contributed by atoms with van der Waals surface area (Å²) in [6, 6.07) is 0. The van der Waals surface area contributed by atoms with E-state index in [9.17, 15) is 8.42 Å². The number of rotatable bonds is 3. The highest BCUT2D eigenvalue weighted by molar-refractivity contribution is 7.89. The molecule has 2 heterocycles. The van der Waals surface area contributed by atoms with Crippen molar-refractivity contribution in [1.82, 2.24) is 14.9 Å². The monoisotopic (exact) mass is 245 g/mol. The van der Waals surface area contributed by atoms with E-state index in [4.69, 9.17) is 4.74 Å². The van der Waals surface area contributed by atoms with Crippen LogP contribution in [0.1, 0.15) is 20.3 Å². The molecule has 1 aromatic rings. The lowest BCUT2D eigenvalue weighted by molar-refractivity contribution is 0.0957. The lowest BCUT2D eigenvalue weighted by Gasteiger charge is -2.28. The van der Waals surface area contributed by atoms with Gasteiger partial charge in [-0.05, 0) is 20.3 Å². The summed E-state index contributed by atoms with van der Waals surface area (Å²) in [6.45, 7) is 4.29. The van der Waals surface area contributed by atoms with Gasteiger partial charge in [0.05, 0.1) is 17.8 Å². The highest BCUT2D eigenvalue weighted by atomic mass is 32.2. The average Bonchev–Trinajstić information content (AvgIpc) is 2.77. The summed E-state index contributed by atoms with van der Waals surface area (Å²) >= 11 is 0. The zero-order valence-electron chi connectivity index (χ0n) is 9.23. The van der Waals surface area contributed by atoms with Gasteiger partial charge in [0.2, 0.25) is 10.0 Å². The maximum atomic E-state index is 12.0. The minimum absolute atomic E-state index is 0.130. The van der Waals surface area contributed by atoms with Gasteiger partial charge in [-0.25, -0.2) is 13.1 Å². The van der Waals surface area contributed by atoms with E-state index in [0.717, 1.165) is 0 Å². The standard InChI is InChI=1S/C9H15N3O3S/c1-7-9(2,3-4-15-7)12-16(13,14)8-5-10-11-6-8/h5-7,12H,3-4H2,1-2H3,(H,10,11). The quantitative estimate of drug-likeness (QED) is 0.799. The van der Waals surface area contributed by atoms with Crippen molar-refractivity contribution in [2.24, 2.45) is 0 Å². The number of aromatic amines is 1. The molecule has 6 nitrogen and oxygen atoms in total. The Morgan fingerprint density at radius 3 is 2.94 bits per heavy atom. The summed E-state index contributed by atoms with van der Waals surface area (Å²) in [5, 5.41) is 6.11. The van der Waals surface area contributed by atoms with Crippen molar-refractivity contribution in [2.75, 3.05) is 6.61 Å². The summed E-state index contributed by atoms with van der Waals surface area (Å²) in [5.74, 6) is 0. The molecule has 1 fully saturated rings. The maximum absolute atomic E-state index is 12.0. The van der Waals surface area contributed by atoms with Crippen molar-refractivity contribution in [3.8, 4) is 0 Å². The van der Waals surface area contributed by atoms with Gasteiger partial charge in [-0.1, -0.05) is 0 Å². The number of hydrogen-bond acceptors (Lipinski definition) is 4. The molecule has 0 bridgehead atoms. The number of sulfonamides is 1. The predicted molar refractivity (Wildman–Crippen MR) is 57.3 cm³/mol. The molecule has 0 spiro atoms. The van der Waals surface area contributed by atoms with Crippen molar-refractivity contribution in [3.05, 3.63) is 12.4 Å². The van der Waals surface area contributed by atoms with Crippen LogP contribution in [0.5, 0.6) is 0 Å². The smallest absolute Gasteiger partial charge is 0.244 e. The molecular weight excluding hydrogens is 230 g/mol. The average molecular weight is 245 g/mol. The SMILES string of the molecule is CC1OCCC1(C)NS(=O)(=O)c1cn[nH]c1. The number of ether oxygens (including phenoxy) is 1. The summed E-state index contributed by atoms with van der Waals surface area (Å²) in [7, 11) is -3.52. The summed E-state index contributed by atoms with van der Waals surface area (Å²) in [5.41, 5.74) is -0.546. The highest BCUT2D eigenvalue weighted by Crippen LogP contribution is 2.27. The van der Waals surface area contributed by atoms with Gasteiger partial charge in [0.25, 0.3) is 0 Å². The van der Waals surface area contributed by atoms with E-state index in [1.165, 1.54) is 12.4 Å². The third kappa shape index (κ3) is 1.98. The van der Waals surface area contributed by atoms with Crippen molar-refractivity contribution in [3.63, 3.8) is 0 Å². The molecule has 0 amide bonds. The van der Waals surface area contributed by atoms with E-state index in [2.05, 4.69) is 14.9 Å². The topological polar surface area (TPSA) is 84.1 Å². The highest BCUT2D eigenvalue weighted by Gasteiger charge is 2.40. The van der Waals surface area contributed by atoms with Crippen LogP contribution in [0, 0.1) is 0 Å². The molecule has 0 radical (unpaired) electrons. The first-order valence-corrected chi connectivity index (χ1v) is 6.57. The van der Waals surface area contributed by atoms with Gasteiger partial charge in [0.15, 0.2) is 0 Å². The fraction of sp³-hybridized carbons (Fsp3) is 0.667. The number of hydrogen-bond donors (Lipinski definition) is 2. The van der Waals surface area contributed by atoms with E-state index in [1.54, 1.807) is 0 Å². The van der Waals surface area contributed by atoms with Gasteiger partial charge >= 0.3 is 0 Å². The zero-order chi connectivity index (χ0) is 11.8. The Kier molecular flexibility index (Phi) is 2.77. The first-order valence-electron chi connectivity index (χ1n) is 5.08. The van der Waals surface area contributed by atoms with Gasteiger partial charge in [-0.15, -0.1) is 0 Å². The number of aromatic nitrogens is 2. The van der Waals surface area contributed by atoms with E-state index < -0.39 is 15.6 Å². The van der Waals surface area contributed by atoms with Crippen molar-refractivity contribution in [1.29, 1.82) is 0 Å². The molecule has 0 aliphatic carbocycles. The first kappa shape index (κ1) is 11.6. The molecule has 2 rings (SSSR count). The zero-order valence-corrected chi connectivity index (χ0v) is 10.0. The van der Waals surface area contributed by atoms with Crippen LogP contribution in [0.2, 0.25) is 0 Å². The molecule has 2 N–H and O–H groups in total. The Morgan fingerprint density at radius 1 is 1.69 bits per heavy atom. The van der Waals surface area contributed by atoms with Crippen LogP contribution in [0.25, 0.3) is 0 Å². The van der Waals surface area contributed by atoms with Gasteiger partial charge in [0, 0.05) is 12.8 Å². The fourth-order valence-corrected chi connectivity index (χ4v) is 3.12. The Hall–Kier alpha value is -0.920. The summed E-state index contributed by atoms with van der Waals surface area (Å²) in [4.78, 5) is 0.146. The third-order valence-corrected chi connectivity index (χ3v) is 4.62. The van der Waals surface area contributed by atoms with Gasteiger partial charge in [0.1, 0.15) is 4.90 Å². The fourth-order valence-electron chi connectivity index (χ4n) is 1.72. The molecule has 90 valence electrons. The van der Waals surface area contributed by atoms with Gasteiger partial charge in [-0.3, -0.25) is 5.10 Å².